The number of rotatable bonds is 9. The van der Waals surface area contributed by atoms with Crippen molar-refractivity contribution < 1.29 is 18.0 Å². The highest BCUT2D eigenvalue weighted by Gasteiger charge is 2.21. The Balaban J connectivity index is 2.68. The van der Waals surface area contributed by atoms with Crippen LogP contribution in [0.5, 0.6) is 0 Å². The smallest absolute Gasteiger partial charge is 0.321 e. The van der Waals surface area contributed by atoms with E-state index in [0.717, 1.165) is 5.56 Å². The van der Waals surface area contributed by atoms with Gasteiger partial charge in [-0.25, -0.2) is 13.2 Å². The predicted octanol–water partition coefficient (Wildman–Crippen LogP) is 1.21. The van der Waals surface area contributed by atoms with E-state index in [0.29, 0.717) is 19.6 Å². The molecule has 26 heavy (non-hydrogen) atoms. The first-order valence-electron chi connectivity index (χ1n) is 8.67. The fourth-order valence-electron chi connectivity index (χ4n) is 2.38. The molecule has 1 aromatic carbocycles. The summed E-state index contributed by atoms with van der Waals surface area (Å²) in [5.41, 5.74) is 0.842. The van der Waals surface area contributed by atoms with E-state index in [4.69, 9.17) is 0 Å². The van der Waals surface area contributed by atoms with Gasteiger partial charge in [0.25, 0.3) is 0 Å². The molecule has 0 saturated heterocycles. The number of carbonyl (C=O) groups excluding carboxylic acids is 2. The van der Waals surface area contributed by atoms with Gasteiger partial charge in [-0.3, -0.25) is 10.1 Å². The van der Waals surface area contributed by atoms with Crippen molar-refractivity contribution in [1.29, 1.82) is 0 Å². The highest BCUT2D eigenvalue weighted by atomic mass is 32.2. The molecule has 0 unspecified atom stereocenters. The van der Waals surface area contributed by atoms with E-state index in [1.54, 1.807) is 45.0 Å². The molecular weight excluding hydrogens is 356 g/mol. The number of hydrogen-bond donors (Lipinski definition) is 3. The Morgan fingerprint density at radius 2 is 1.65 bits per heavy atom. The molecule has 0 aromatic heterocycles. The van der Waals surface area contributed by atoms with Crippen molar-refractivity contribution in [2.45, 2.75) is 38.6 Å². The number of nitrogens with zero attached hydrogens (tertiary/aromatic N) is 1. The summed E-state index contributed by atoms with van der Waals surface area (Å²) in [5, 5.41) is 7.68. The molecule has 0 aliphatic heterocycles. The molecule has 1 rings (SSSR count). The highest BCUT2D eigenvalue weighted by molar-refractivity contribution is 7.89. The minimum absolute atomic E-state index is 0.0300. The van der Waals surface area contributed by atoms with Crippen LogP contribution < -0.4 is 16.0 Å². The zero-order chi connectivity index (χ0) is 19.7. The van der Waals surface area contributed by atoms with Gasteiger partial charge in [0.15, 0.2) is 0 Å². The SMILES string of the molecule is CCNC(=O)NC(=O)CN[C@@H](C)c1ccc(S(=O)(=O)N(CC)CC)cc1. The van der Waals surface area contributed by atoms with Gasteiger partial charge in [0, 0.05) is 25.7 Å². The summed E-state index contributed by atoms with van der Waals surface area (Å²) in [5.74, 6) is -0.441. The number of nitrogens with one attached hydrogen (secondary N) is 3. The second-order valence-corrected chi connectivity index (χ2v) is 7.61. The Bertz CT molecular complexity index is 700. The van der Waals surface area contributed by atoms with Gasteiger partial charge in [0.2, 0.25) is 15.9 Å². The molecule has 0 aliphatic carbocycles. The molecule has 0 spiro atoms. The monoisotopic (exact) mass is 384 g/mol. The summed E-state index contributed by atoms with van der Waals surface area (Å²) in [6.07, 6.45) is 0. The second-order valence-electron chi connectivity index (χ2n) is 5.67. The molecule has 9 heteroatoms. The molecule has 0 saturated carbocycles. The van der Waals surface area contributed by atoms with Crippen molar-refractivity contribution in [2.24, 2.45) is 0 Å². The largest absolute Gasteiger partial charge is 0.338 e. The van der Waals surface area contributed by atoms with Crippen LogP contribution in [-0.4, -0.2) is 50.8 Å². The average Bonchev–Trinajstić information content (AvgIpc) is 2.60. The van der Waals surface area contributed by atoms with Crippen molar-refractivity contribution in [3.05, 3.63) is 29.8 Å². The van der Waals surface area contributed by atoms with Gasteiger partial charge in [0.05, 0.1) is 11.4 Å². The first-order valence-corrected chi connectivity index (χ1v) is 10.1. The average molecular weight is 385 g/mol. The first kappa shape index (κ1) is 22.1. The molecule has 1 aromatic rings. The minimum Gasteiger partial charge on any atom is -0.338 e. The summed E-state index contributed by atoms with van der Waals surface area (Å²) in [6, 6.07) is 5.86. The quantitative estimate of drug-likeness (QED) is 0.593. The minimum atomic E-state index is -3.48. The van der Waals surface area contributed by atoms with Crippen LogP contribution in [0, 0.1) is 0 Å². The number of imide groups is 1. The molecule has 3 amide bonds. The number of amides is 3. The molecule has 0 aliphatic rings. The van der Waals surface area contributed by atoms with Gasteiger partial charge in [-0.05, 0) is 31.5 Å². The van der Waals surface area contributed by atoms with Crippen LogP contribution in [0.1, 0.15) is 39.3 Å². The Morgan fingerprint density at radius 1 is 1.08 bits per heavy atom. The molecule has 0 fully saturated rings. The lowest BCUT2D eigenvalue weighted by molar-refractivity contribution is -0.119. The molecule has 8 nitrogen and oxygen atoms in total. The van der Waals surface area contributed by atoms with Gasteiger partial charge in [-0.1, -0.05) is 26.0 Å². The van der Waals surface area contributed by atoms with Crippen LogP contribution >= 0.6 is 0 Å². The first-order chi connectivity index (χ1) is 12.3. The van der Waals surface area contributed by atoms with Gasteiger partial charge < -0.3 is 10.6 Å². The molecule has 0 radical (unpaired) electrons. The number of carbonyl (C=O) groups is 2. The summed E-state index contributed by atoms with van der Waals surface area (Å²) in [6.45, 7) is 8.45. The zero-order valence-electron chi connectivity index (χ0n) is 15.7. The topological polar surface area (TPSA) is 108 Å². The van der Waals surface area contributed by atoms with E-state index < -0.39 is 22.0 Å². The number of hydrogen-bond acceptors (Lipinski definition) is 5. The normalized spacial score (nSPS) is 12.7. The predicted molar refractivity (Wildman–Crippen MR) is 100 cm³/mol. The molecule has 146 valence electrons. The van der Waals surface area contributed by atoms with Crippen LogP contribution in [0.15, 0.2) is 29.2 Å². The lowest BCUT2D eigenvalue weighted by Crippen LogP contribution is -2.43. The number of sulfonamides is 1. The maximum absolute atomic E-state index is 12.5. The second kappa shape index (κ2) is 10.2. The fourth-order valence-corrected chi connectivity index (χ4v) is 3.84. The molecule has 0 bridgehead atoms. The van der Waals surface area contributed by atoms with Crippen LogP contribution in [0.3, 0.4) is 0 Å². The highest BCUT2D eigenvalue weighted by Crippen LogP contribution is 2.19. The van der Waals surface area contributed by atoms with Crippen molar-refractivity contribution >= 4 is 22.0 Å². The number of urea groups is 1. The summed E-state index contributed by atoms with van der Waals surface area (Å²) in [7, 11) is -3.48. The summed E-state index contributed by atoms with van der Waals surface area (Å²) in [4.78, 5) is 23.2. The van der Waals surface area contributed by atoms with Crippen molar-refractivity contribution in [3.8, 4) is 0 Å². The van der Waals surface area contributed by atoms with Crippen LogP contribution in [0.4, 0.5) is 4.79 Å². The lowest BCUT2D eigenvalue weighted by Gasteiger charge is -2.19. The van der Waals surface area contributed by atoms with Crippen LogP contribution in [-0.2, 0) is 14.8 Å². The van der Waals surface area contributed by atoms with Crippen molar-refractivity contribution in [2.75, 3.05) is 26.2 Å². The fraction of sp³-hybridized carbons (Fsp3) is 0.529. The van der Waals surface area contributed by atoms with E-state index in [9.17, 15) is 18.0 Å². The summed E-state index contributed by atoms with van der Waals surface area (Å²) >= 11 is 0. The molecule has 1 atom stereocenters. The van der Waals surface area contributed by atoms with E-state index >= 15 is 0 Å². The standard InChI is InChI=1S/C17H28N4O4S/c1-5-18-17(23)20-16(22)12-19-13(4)14-8-10-15(11-9-14)26(24,25)21(6-2)7-3/h8-11,13,19H,5-7,12H2,1-4H3,(H2,18,20,22,23)/t13-/m0/s1. The lowest BCUT2D eigenvalue weighted by atomic mass is 10.1. The van der Waals surface area contributed by atoms with E-state index in [1.807, 2.05) is 6.92 Å². The zero-order valence-corrected chi connectivity index (χ0v) is 16.5. The third-order valence-electron chi connectivity index (χ3n) is 3.88. The molecular formula is C17H28N4O4S. The van der Waals surface area contributed by atoms with Crippen molar-refractivity contribution in [3.63, 3.8) is 0 Å². The van der Waals surface area contributed by atoms with Gasteiger partial charge >= 0.3 is 6.03 Å². The third-order valence-corrected chi connectivity index (χ3v) is 5.95. The van der Waals surface area contributed by atoms with Gasteiger partial charge in [-0.15, -0.1) is 0 Å². The van der Waals surface area contributed by atoms with Gasteiger partial charge in [-0.2, -0.15) is 4.31 Å². The van der Waals surface area contributed by atoms with Gasteiger partial charge in [0.1, 0.15) is 0 Å². The Kier molecular flexibility index (Phi) is 8.70. The van der Waals surface area contributed by atoms with Crippen molar-refractivity contribution in [1.82, 2.24) is 20.3 Å². The van der Waals surface area contributed by atoms with E-state index in [2.05, 4.69) is 16.0 Å². The summed E-state index contributed by atoms with van der Waals surface area (Å²) < 4.78 is 26.3. The van der Waals surface area contributed by atoms with Crippen LogP contribution in [0.25, 0.3) is 0 Å². The molecule has 0 heterocycles. The van der Waals surface area contributed by atoms with Crippen LogP contribution in [0.2, 0.25) is 0 Å². The Labute approximate surface area is 155 Å². The maximum atomic E-state index is 12.5. The number of benzene rings is 1. The Hall–Kier alpha value is -1.97. The van der Waals surface area contributed by atoms with E-state index in [1.165, 1.54) is 4.31 Å². The Morgan fingerprint density at radius 3 is 2.15 bits per heavy atom. The van der Waals surface area contributed by atoms with E-state index in [-0.39, 0.29) is 17.5 Å². The maximum Gasteiger partial charge on any atom is 0.321 e. The third kappa shape index (κ3) is 6.08. The molecule has 3 N–H and O–H groups in total.